The minimum Gasteiger partial charge on any atom is -0.492 e. The van der Waals surface area contributed by atoms with Crippen molar-refractivity contribution < 1.29 is 27.5 Å². The molecule has 0 saturated carbocycles. The van der Waals surface area contributed by atoms with Crippen molar-refractivity contribution in [3.8, 4) is 5.75 Å². The summed E-state index contributed by atoms with van der Waals surface area (Å²) in [4.78, 5) is 22.7. The van der Waals surface area contributed by atoms with Crippen molar-refractivity contribution in [2.45, 2.75) is 19.0 Å². The summed E-state index contributed by atoms with van der Waals surface area (Å²) in [5.74, 6) is -1.79. The second-order valence-corrected chi connectivity index (χ2v) is 5.87. The Hall–Kier alpha value is -2.74. The molecule has 2 aromatic carbocycles. The van der Waals surface area contributed by atoms with Gasteiger partial charge in [0.05, 0.1) is 11.6 Å². The third-order valence-electron chi connectivity index (χ3n) is 3.33. The van der Waals surface area contributed by atoms with Crippen molar-refractivity contribution in [3.63, 3.8) is 0 Å². The molecule has 144 valence electrons. The number of alkyl halides is 3. The van der Waals surface area contributed by atoms with E-state index >= 15 is 0 Å². The second kappa shape index (κ2) is 9.27. The number of hydrogen-bond acceptors (Lipinski definition) is 3. The quantitative estimate of drug-likeness (QED) is 0.665. The first-order chi connectivity index (χ1) is 12.8. The summed E-state index contributed by atoms with van der Waals surface area (Å²) in [6.45, 7) is 0.305. The van der Waals surface area contributed by atoms with Crippen LogP contribution >= 0.6 is 11.6 Å². The highest BCUT2D eigenvalue weighted by atomic mass is 35.5. The van der Waals surface area contributed by atoms with E-state index in [1.54, 1.807) is 29.6 Å². The van der Waals surface area contributed by atoms with Gasteiger partial charge in [-0.25, -0.2) is 0 Å². The molecule has 0 heterocycles. The van der Waals surface area contributed by atoms with Gasteiger partial charge in [-0.3, -0.25) is 9.59 Å². The third-order valence-corrected chi connectivity index (χ3v) is 3.64. The minimum absolute atomic E-state index is 0.0246. The molecule has 0 atom stereocenters. The fourth-order valence-electron chi connectivity index (χ4n) is 2.04. The zero-order chi connectivity index (χ0) is 19.9. The summed E-state index contributed by atoms with van der Waals surface area (Å²) in [5, 5.41) is 4.81. The maximum atomic E-state index is 12.2. The summed E-state index contributed by atoms with van der Waals surface area (Å²) in [5.41, 5.74) is 0.375. The number of ether oxygens (including phenoxy) is 1. The van der Waals surface area contributed by atoms with Gasteiger partial charge in [-0.1, -0.05) is 23.7 Å². The molecule has 0 unspecified atom stereocenters. The number of halogens is 4. The van der Waals surface area contributed by atoms with Crippen molar-refractivity contribution in [2.75, 3.05) is 17.2 Å². The van der Waals surface area contributed by atoms with Crippen LogP contribution in [0.5, 0.6) is 5.75 Å². The van der Waals surface area contributed by atoms with Gasteiger partial charge < -0.3 is 15.4 Å². The van der Waals surface area contributed by atoms with E-state index in [1.807, 2.05) is 0 Å². The molecule has 0 aliphatic heterocycles. The van der Waals surface area contributed by atoms with Gasteiger partial charge in [-0.2, -0.15) is 13.2 Å². The van der Waals surface area contributed by atoms with Gasteiger partial charge in [0.1, 0.15) is 5.75 Å². The van der Waals surface area contributed by atoms with Gasteiger partial charge in [0.25, 0.3) is 0 Å². The average molecular weight is 401 g/mol. The average Bonchev–Trinajstić information content (AvgIpc) is 2.61. The lowest BCUT2D eigenvalue weighted by molar-refractivity contribution is -0.167. The maximum absolute atomic E-state index is 12.2. The topological polar surface area (TPSA) is 67.4 Å². The van der Waals surface area contributed by atoms with Crippen molar-refractivity contribution in [1.82, 2.24) is 0 Å². The summed E-state index contributed by atoms with van der Waals surface area (Å²) in [6, 6.07) is 12.3. The standard InChI is InChI=1S/C18H16ClF3N2O3/c19-14-4-1-2-5-15(14)27-11-3-6-16(25)23-12-7-9-13(10-8-12)24-17(26)18(20,21)22/h1-2,4-5,7-10H,3,6,11H2,(H,23,25)(H,24,26). The predicted octanol–water partition coefficient (Wildman–Crippen LogP) is 4.64. The van der Waals surface area contributed by atoms with E-state index in [2.05, 4.69) is 5.32 Å². The van der Waals surface area contributed by atoms with Crippen LogP contribution in [0.4, 0.5) is 24.5 Å². The highest BCUT2D eigenvalue weighted by molar-refractivity contribution is 6.32. The van der Waals surface area contributed by atoms with Gasteiger partial charge in [0.2, 0.25) is 5.91 Å². The van der Waals surface area contributed by atoms with Crippen LogP contribution < -0.4 is 15.4 Å². The van der Waals surface area contributed by atoms with E-state index < -0.39 is 12.1 Å². The maximum Gasteiger partial charge on any atom is 0.471 e. The van der Waals surface area contributed by atoms with Crippen LogP contribution in [0.1, 0.15) is 12.8 Å². The van der Waals surface area contributed by atoms with Crippen molar-refractivity contribution in [3.05, 3.63) is 53.6 Å². The van der Waals surface area contributed by atoms with Crippen LogP contribution in [0.25, 0.3) is 0 Å². The molecule has 0 aliphatic rings. The van der Waals surface area contributed by atoms with Crippen molar-refractivity contribution in [2.24, 2.45) is 0 Å². The first kappa shape index (κ1) is 20.6. The Labute approximate surface area is 158 Å². The molecule has 0 bridgehead atoms. The molecule has 2 aromatic rings. The van der Waals surface area contributed by atoms with Gasteiger partial charge in [-0.15, -0.1) is 0 Å². The molecule has 0 saturated heterocycles. The number of benzene rings is 2. The zero-order valence-electron chi connectivity index (χ0n) is 14.0. The van der Waals surface area contributed by atoms with E-state index in [4.69, 9.17) is 16.3 Å². The number of amides is 2. The van der Waals surface area contributed by atoms with Crippen LogP contribution in [0.2, 0.25) is 5.02 Å². The number of rotatable bonds is 7. The van der Waals surface area contributed by atoms with Crippen LogP contribution in [0.3, 0.4) is 0 Å². The number of nitrogens with one attached hydrogen (secondary N) is 2. The molecule has 2 amide bonds. The number of carbonyl (C=O) groups excluding carboxylic acids is 2. The molecule has 9 heteroatoms. The summed E-state index contributed by atoms with van der Waals surface area (Å²) in [6.07, 6.45) is -4.31. The highest BCUT2D eigenvalue weighted by Gasteiger charge is 2.38. The largest absolute Gasteiger partial charge is 0.492 e. The number of carbonyl (C=O) groups is 2. The van der Waals surface area contributed by atoms with E-state index in [-0.39, 0.29) is 18.0 Å². The van der Waals surface area contributed by atoms with Crippen LogP contribution in [-0.4, -0.2) is 24.6 Å². The molecule has 0 fully saturated rings. The fraction of sp³-hybridized carbons (Fsp3) is 0.222. The smallest absolute Gasteiger partial charge is 0.471 e. The van der Waals surface area contributed by atoms with E-state index in [1.165, 1.54) is 24.3 Å². The van der Waals surface area contributed by atoms with Crippen LogP contribution in [-0.2, 0) is 9.59 Å². The van der Waals surface area contributed by atoms with Crippen LogP contribution in [0.15, 0.2) is 48.5 Å². The first-order valence-corrected chi connectivity index (χ1v) is 8.29. The SMILES string of the molecule is O=C(CCCOc1ccccc1Cl)Nc1ccc(NC(=O)C(F)(F)F)cc1. The minimum atomic E-state index is -4.96. The molecule has 27 heavy (non-hydrogen) atoms. The molecule has 0 radical (unpaired) electrons. The number of hydrogen-bond donors (Lipinski definition) is 2. The zero-order valence-corrected chi connectivity index (χ0v) is 14.7. The Balaban J connectivity index is 1.74. The number of anilines is 2. The first-order valence-electron chi connectivity index (χ1n) is 7.91. The molecule has 0 aliphatic carbocycles. The molecular weight excluding hydrogens is 385 g/mol. The van der Waals surface area contributed by atoms with Gasteiger partial charge in [0.15, 0.2) is 0 Å². The third kappa shape index (κ3) is 6.82. The number of para-hydroxylation sites is 1. The highest BCUT2D eigenvalue weighted by Crippen LogP contribution is 2.23. The summed E-state index contributed by atoms with van der Waals surface area (Å²) < 4.78 is 42.0. The molecule has 2 rings (SSSR count). The van der Waals surface area contributed by atoms with Gasteiger partial charge >= 0.3 is 12.1 Å². The Bertz CT molecular complexity index is 795. The Morgan fingerprint density at radius 3 is 2.15 bits per heavy atom. The van der Waals surface area contributed by atoms with Crippen LogP contribution in [0, 0.1) is 0 Å². The molecular formula is C18H16ClF3N2O3. The Morgan fingerprint density at radius 1 is 0.963 bits per heavy atom. The van der Waals surface area contributed by atoms with Crippen molar-refractivity contribution >= 4 is 34.8 Å². The summed E-state index contributed by atoms with van der Waals surface area (Å²) in [7, 11) is 0. The normalized spacial score (nSPS) is 11.0. The Kier molecular flexibility index (Phi) is 7.06. The van der Waals surface area contributed by atoms with Crippen molar-refractivity contribution in [1.29, 1.82) is 0 Å². The molecule has 0 spiro atoms. The van der Waals surface area contributed by atoms with E-state index in [0.717, 1.165) is 0 Å². The molecule has 5 nitrogen and oxygen atoms in total. The fourth-order valence-corrected chi connectivity index (χ4v) is 2.23. The second-order valence-electron chi connectivity index (χ2n) is 5.46. The lowest BCUT2D eigenvalue weighted by Crippen LogP contribution is -2.29. The predicted molar refractivity (Wildman–Crippen MR) is 95.9 cm³/mol. The van der Waals surface area contributed by atoms with Gasteiger partial charge in [-0.05, 0) is 42.8 Å². The van der Waals surface area contributed by atoms with E-state index in [0.29, 0.717) is 29.5 Å². The van der Waals surface area contributed by atoms with Gasteiger partial charge in [0, 0.05) is 17.8 Å². The Morgan fingerprint density at radius 2 is 1.56 bits per heavy atom. The lowest BCUT2D eigenvalue weighted by atomic mass is 10.2. The van der Waals surface area contributed by atoms with E-state index in [9.17, 15) is 22.8 Å². The monoisotopic (exact) mass is 400 g/mol. The lowest BCUT2D eigenvalue weighted by Gasteiger charge is -2.10. The summed E-state index contributed by atoms with van der Waals surface area (Å²) >= 11 is 5.95. The molecule has 0 aromatic heterocycles. The molecule has 2 N–H and O–H groups in total.